The van der Waals surface area contributed by atoms with Crippen molar-refractivity contribution in [2.24, 2.45) is 0 Å². The van der Waals surface area contributed by atoms with Crippen LogP contribution < -0.4 is 10.4 Å². The van der Waals surface area contributed by atoms with Crippen LogP contribution in [0, 0.1) is 6.92 Å². The van der Waals surface area contributed by atoms with Crippen molar-refractivity contribution < 1.29 is 69.1 Å². The number of hydrogen-bond acceptors (Lipinski definition) is 15. The third-order valence-electron chi connectivity index (χ3n) is 9.46. The van der Waals surface area contributed by atoms with Gasteiger partial charge in [-0.1, -0.05) is 99.1 Å². The summed E-state index contributed by atoms with van der Waals surface area (Å²) in [4.78, 5) is 0.126. The number of rotatable bonds is 41. The van der Waals surface area contributed by atoms with Crippen molar-refractivity contribution in [2.45, 2.75) is 37.6 Å². The van der Waals surface area contributed by atoms with Crippen LogP contribution in [0.5, 0.6) is 0 Å². The van der Waals surface area contributed by atoms with E-state index in [2.05, 4.69) is 69.3 Å². The molecule has 0 fully saturated rings. The molecule has 15 nitrogen and oxygen atoms in total. The topological polar surface area (TPSA) is 154 Å². The molecule has 0 heterocycles. The molecule has 0 saturated heterocycles. The van der Waals surface area contributed by atoms with E-state index in [9.17, 15) is 8.42 Å². The Balaban J connectivity index is 0.976. The fourth-order valence-electron chi connectivity index (χ4n) is 6.29. The smallest absolute Gasteiger partial charge is 0.297 e. The van der Waals surface area contributed by atoms with E-state index >= 15 is 0 Å². The van der Waals surface area contributed by atoms with Gasteiger partial charge in [0.2, 0.25) is 0 Å². The van der Waals surface area contributed by atoms with Crippen molar-refractivity contribution in [1.82, 2.24) is 0 Å². The highest BCUT2D eigenvalue weighted by Gasteiger charge is 2.50. The Morgan fingerprint density at radius 2 is 0.641 bits per heavy atom. The normalized spacial score (nSPS) is 12.3. The molecule has 362 valence electrons. The number of hydrogen-bond donors (Lipinski definition) is 0. The second kappa shape index (κ2) is 34.6. The zero-order valence-corrected chi connectivity index (χ0v) is 40.4. The first-order chi connectivity index (χ1) is 31.2. The van der Waals surface area contributed by atoms with Crippen LogP contribution in [0.3, 0.4) is 0 Å². The molecule has 0 amide bonds. The minimum atomic E-state index is -3.78. The Bertz CT molecular complexity index is 1610. The van der Waals surface area contributed by atoms with Crippen LogP contribution in [0.4, 0.5) is 0 Å². The summed E-state index contributed by atoms with van der Waals surface area (Å²) in [5, 5.41) is 2.45. The highest BCUT2D eigenvalue weighted by atomic mass is 32.2. The molecule has 64 heavy (non-hydrogen) atoms. The molecule has 0 atom stereocenters. The third-order valence-corrected chi connectivity index (χ3v) is 15.8. The Hall–Kier alpha value is -2.69. The summed E-state index contributed by atoms with van der Waals surface area (Å²) >= 11 is 0. The zero-order valence-electron chi connectivity index (χ0n) is 38.6. The summed E-state index contributed by atoms with van der Waals surface area (Å²) in [7, 11) is -6.34. The predicted octanol–water partition coefficient (Wildman–Crippen LogP) is 4.46. The van der Waals surface area contributed by atoms with Crippen LogP contribution in [0.25, 0.3) is 0 Å². The fraction of sp³-hybridized carbons (Fsp3) is 0.617. The molecular formula is C47H74O15SSi. The summed E-state index contributed by atoms with van der Waals surface area (Å²) in [6.07, 6.45) is 0. The third kappa shape index (κ3) is 23.7. The molecule has 3 aromatic carbocycles. The van der Waals surface area contributed by atoms with E-state index in [0.717, 1.165) is 5.56 Å². The molecule has 0 aliphatic heterocycles. The Labute approximate surface area is 383 Å². The van der Waals surface area contributed by atoms with Gasteiger partial charge in [0.15, 0.2) is 0 Å². The van der Waals surface area contributed by atoms with Gasteiger partial charge in [0.1, 0.15) is 0 Å². The van der Waals surface area contributed by atoms with E-state index in [1.165, 1.54) is 22.5 Å². The van der Waals surface area contributed by atoms with Gasteiger partial charge in [0.25, 0.3) is 18.4 Å². The largest absolute Gasteiger partial charge is 0.405 e. The van der Waals surface area contributed by atoms with Gasteiger partial charge in [-0.3, -0.25) is 4.18 Å². The summed E-state index contributed by atoms with van der Waals surface area (Å²) in [6.45, 7) is 19.0. The van der Waals surface area contributed by atoms with Crippen LogP contribution in [0.2, 0.25) is 5.04 Å². The quantitative estimate of drug-likeness (QED) is 0.0447. The lowest BCUT2D eigenvalue weighted by Gasteiger charge is -2.43. The van der Waals surface area contributed by atoms with Gasteiger partial charge in [0.05, 0.1) is 163 Å². The van der Waals surface area contributed by atoms with Gasteiger partial charge >= 0.3 is 0 Å². The first-order valence-corrected chi connectivity index (χ1v) is 25.5. The van der Waals surface area contributed by atoms with Crippen molar-refractivity contribution in [1.29, 1.82) is 0 Å². The molecule has 0 aliphatic rings. The van der Waals surface area contributed by atoms with Crippen molar-refractivity contribution in [2.75, 3.05) is 159 Å². The standard InChI is InChI=1S/C47H74O15SSi/c1-43-15-17-44(18-16-43)63(48,49)61-41-39-59-37-35-57-33-31-55-29-27-53-25-23-51-21-19-50-20-22-52-24-26-54-28-30-56-32-34-58-36-38-60-40-42-62-64(47(2,3)4,45-11-7-5-8-12-45)46-13-9-6-10-14-46/h5-18H,19-42H2,1-4H3. The summed E-state index contributed by atoms with van der Waals surface area (Å²) < 4.78 is 97.1. The molecule has 0 bridgehead atoms. The minimum absolute atomic E-state index is 0.0635. The average Bonchev–Trinajstić information content (AvgIpc) is 3.29. The predicted molar refractivity (Wildman–Crippen MR) is 247 cm³/mol. The van der Waals surface area contributed by atoms with E-state index in [4.69, 9.17) is 60.7 Å². The molecular weight excluding hydrogens is 865 g/mol. The van der Waals surface area contributed by atoms with Crippen molar-refractivity contribution in [3.63, 3.8) is 0 Å². The maximum atomic E-state index is 12.1. The van der Waals surface area contributed by atoms with E-state index in [1.807, 2.05) is 19.1 Å². The van der Waals surface area contributed by atoms with Gasteiger partial charge < -0.3 is 56.5 Å². The first-order valence-electron chi connectivity index (χ1n) is 22.2. The van der Waals surface area contributed by atoms with Crippen LogP contribution in [-0.2, 0) is 70.8 Å². The van der Waals surface area contributed by atoms with Crippen LogP contribution in [-0.4, -0.2) is 175 Å². The van der Waals surface area contributed by atoms with Crippen LogP contribution in [0.15, 0.2) is 89.8 Å². The van der Waals surface area contributed by atoms with Crippen LogP contribution in [0.1, 0.15) is 26.3 Å². The lowest BCUT2D eigenvalue weighted by molar-refractivity contribution is -0.0279. The summed E-state index contributed by atoms with van der Waals surface area (Å²) in [6, 6.07) is 27.7. The maximum absolute atomic E-state index is 12.1. The van der Waals surface area contributed by atoms with E-state index < -0.39 is 18.4 Å². The molecule has 0 aromatic heterocycles. The summed E-state index contributed by atoms with van der Waals surface area (Å²) in [5.74, 6) is 0. The highest BCUT2D eigenvalue weighted by molar-refractivity contribution is 7.86. The molecule has 0 spiro atoms. The van der Waals surface area contributed by atoms with Crippen LogP contribution >= 0.6 is 0 Å². The highest BCUT2D eigenvalue weighted by Crippen LogP contribution is 2.36. The fourth-order valence-corrected chi connectivity index (χ4v) is 11.7. The van der Waals surface area contributed by atoms with Crippen molar-refractivity contribution in [3.8, 4) is 0 Å². The first kappa shape index (κ1) is 55.6. The van der Waals surface area contributed by atoms with Gasteiger partial charge in [-0.2, -0.15) is 8.42 Å². The van der Waals surface area contributed by atoms with Crippen molar-refractivity contribution in [3.05, 3.63) is 90.5 Å². The second-order valence-corrected chi connectivity index (χ2v) is 21.3. The molecule has 0 N–H and O–H groups in total. The molecule has 0 radical (unpaired) electrons. The number of aryl methyl sites for hydroxylation is 1. The van der Waals surface area contributed by atoms with E-state index in [-0.39, 0.29) is 23.1 Å². The Morgan fingerprint density at radius 3 is 0.922 bits per heavy atom. The molecule has 17 heteroatoms. The second-order valence-electron chi connectivity index (χ2n) is 15.3. The Morgan fingerprint density at radius 1 is 0.375 bits per heavy atom. The van der Waals surface area contributed by atoms with E-state index in [0.29, 0.717) is 145 Å². The molecule has 3 aromatic rings. The SMILES string of the molecule is Cc1ccc(S(=O)(=O)OCCOCCOCCOCCOCCOCCOCCOCCOCCOCCOCCOCCO[Si](c2ccccc2)(c2ccccc2)C(C)(C)C)cc1. The lowest BCUT2D eigenvalue weighted by atomic mass is 10.2. The maximum Gasteiger partial charge on any atom is 0.297 e. The minimum Gasteiger partial charge on any atom is -0.405 e. The van der Waals surface area contributed by atoms with Gasteiger partial charge in [0, 0.05) is 0 Å². The molecule has 0 aliphatic carbocycles. The number of benzene rings is 3. The van der Waals surface area contributed by atoms with Gasteiger partial charge in [-0.25, -0.2) is 0 Å². The van der Waals surface area contributed by atoms with Gasteiger partial charge in [-0.15, -0.1) is 0 Å². The lowest BCUT2D eigenvalue weighted by Crippen LogP contribution is -2.66. The monoisotopic (exact) mass is 938 g/mol. The van der Waals surface area contributed by atoms with E-state index in [1.54, 1.807) is 12.1 Å². The number of ether oxygens (including phenoxy) is 11. The summed E-state index contributed by atoms with van der Waals surface area (Å²) in [5.41, 5.74) is 0.973. The Kier molecular flexibility index (Phi) is 30.1. The zero-order chi connectivity index (χ0) is 45.9. The molecule has 3 rings (SSSR count). The molecule has 0 unspecified atom stereocenters. The van der Waals surface area contributed by atoms with Gasteiger partial charge in [-0.05, 0) is 34.5 Å². The average molecular weight is 939 g/mol. The van der Waals surface area contributed by atoms with Crippen molar-refractivity contribution >= 4 is 28.8 Å². The molecule has 0 saturated carbocycles.